The number of fused-ring (bicyclic) bond motifs is 1. The van der Waals surface area contributed by atoms with Gasteiger partial charge in [0, 0.05) is 40.7 Å². The minimum Gasteiger partial charge on any atom is -0.397 e. The molecule has 0 bridgehead atoms. The summed E-state index contributed by atoms with van der Waals surface area (Å²) in [5, 5.41) is 3.29. The normalized spacial score (nSPS) is 14.3. The van der Waals surface area contributed by atoms with Gasteiger partial charge >= 0.3 is 0 Å². The van der Waals surface area contributed by atoms with Crippen molar-refractivity contribution >= 4 is 46.4 Å². The Morgan fingerprint density at radius 2 is 1.96 bits per heavy atom. The number of nitrogens with two attached hydrogens (primary N) is 1. The van der Waals surface area contributed by atoms with E-state index in [1.807, 2.05) is 7.05 Å². The molecule has 3 aromatic rings. The van der Waals surface area contributed by atoms with Crippen LogP contribution in [0.1, 0.15) is 27.2 Å². The molecule has 0 unspecified atom stereocenters. The molecule has 0 saturated carbocycles. The highest BCUT2D eigenvalue weighted by Crippen LogP contribution is 2.32. The van der Waals surface area contributed by atoms with Gasteiger partial charge in [0.05, 0.1) is 17.5 Å². The molecule has 0 spiro atoms. The number of pyridine rings is 1. The Morgan fingerprint density at radius 3 is 2.70 bits per heavy atom. The Morgan fingerprint density at radius 1 is 1.22 bits per heavy atom. The summed E-state index contributed by atoms with van der Waals surface area (Å²) < 4.78 is 1.79. The predicted molar refractivity (Wildman–Crippen MR) is 105 cm³/mol. The molecule has 1 aromatic carbocycles. The van der Waals surface area contributed by atoms with Crippen LogP contribution in [-0.4, -0.2) is 21.2 Å². The zero-order valence-electron chi connectivity index (χ0n) is 14.4. The summed E-state index contributed by atoms with van der Waals surface area (Å²) in [5.74, 6) is 0.108. The number of anilines is 2. The summed E-state index contributed by atoms with van der Waals surface area (Å²) in [6.07, 6.45) is 4.95. The molecule has 1 aliphatic heterocycles. The number of amides is 1. The van der Waals surface area contributed by atoms with Crippen molar-refractivity contribution in [3.05, 3.63) is 76.2 Å². The molecule has 2 aromatic heterocycles. The fraction of sp³-hybridized carbons (Fsp3) is 0.0500. The molecule has 0 radical (unpaired) electrons. The van der Waals surface area contributed by atoms with Crippen LogP contribution in [0.25, 0.3) is 11.6 Å². The Labute approximate surface area is 160 Å². The maximum atomic E-state index is 12.7. The van der Waals surface area contributed by atoms with Gasteiger partial charge in [0.15, 0.2) is 5.78 Å². The van der Waals surface area contributed by atoms with E-state index in [0.717, 1.165) is 0 Å². The largest absolute Gasteiger partial charge is 0.397 e. The maximum absolute atomic E-state index is 12.7. The number of nitrogens with zero attached hydrogens (tertiary/aromatic N) is 2. The van der Waals surface area contributed by atoms with Gasteiger partial charge in [0.25, 0.3) is 5.91 Å². The van der Waals surface area contributed by atoms with Crippen molar-refractivity contribution in [2.75, 3.05) is 11.1 Å². The average molecular weight is 379 g/mol. The summed E-state index contributed by atoms with van der Waals surface area (Å²) in [5.41, 5.74) is 9.15. The van der Waals surface area contributed by atoms with Crippen molar-refractivity contribution in [2.45, 2.75) is 0 Å². The van der Waals surface area contributed by atoms with Gasteiger partial charge in [-0.3, -0.25) is 9.59 Å². The Bertz CT molecular complexity index is 1110. The van der Waals surface area contributed by atoms with E-state index in [4.69, 9.17) is 17.3 Å². The summed E-state index contributed by atoms with van der Waals surface area (Å²) in [6.45, 7) is 0. The van der Waals surface area contributed by atoms with Crippen molar-refractivity contribution in [3.63, 3.8) is 0 Å². The molecule has 0 atom stereocenters. The Kier molecular flexibility index (Phi) is 4.05. The number of carbonyl (C=O) groups excluding carboxylic acids is 2. The second kappa shape index (κ2) is 6.41. The minimum atomic E-state index is -0.255. The molecule has 6 nitrogen and oxygen atoms in total. The number of halogens is 1. The highest BCUT2D eigenvalue weighted by atomic mass is 35.5. The van der Waals surface area contributed by atoms with Crippen LogP contribution in [0.4, 0.5) is 11.5 Å². The van der Waals surface area contributed by atoms with Crippen LogP contribution in [0.5, 0.6) is 0 Å². The first kappa shape index (κ1) is 17.1. The Balaban J connectivity index is 1.72. The Hall–Kier alpha value is -3.38. The highest BCUT2D eigenvalue weighted by Gasteiger charge is 2.26. The van der Waals surface area contributed by atoms with E-state index in [9.17, 15) is 9.59 Å². The molecule has 0 aliphatic carbocycles. The van der Waals surface area contributed by atoms with Gasteiger partial charge in [-0.2, -0.15) is 0 Å². The van der Waals surface area contributed by atoms with Gasteiger partial charge in [-0.05, 0) is 42.5 Å². The van der Waals surface area contributed by atoms with E-state index in [0.29, 0.717) is 44.5 Å². The molecule has 4 rings (SSSR count). The third kappa shape index (κ3) is 3.11. The summed E-state index contributed by atoms with van der Waals surface area (Å²) in [4.78, 5) is 29.1. The predicted octanol–water partition coefficient (Wildman–Crippen LogP) is 3.38. The molecule has 1 aliphatic rings. The third-order valence-electron chi connectivity index (χ3n) is 4.38. The fourth-order valence-corrected chi connectivity index (χ4v) is 3.12. The molecule has 27 heavy (non-hydrogen) atoms. The minimum absolute atomic E-state index is 0.117. The number of hydrogen-bond acceptors (Lipinski definition) is 4. The van der Waals surface area contributed by atoms with E-state index in [1.54, 1.807) is 53.2 Å². The van der Waals surface area contributed by atoms with Crippen molar-refractivity contribution in [3.8, 4) is 0 Å². The number of nitrogen functional groups attached to an aromatic ring is 1. The lowest BCUT2D eigenvalue weighted by atomic mass is 10.0. The lowest BCUT2D eigenvalue weighted by Crippen LogP contribution is -2.04. The molecular formula is C20H15ClN4O2. The molecule has 3 N–H and O–H groups in total. The fourth-order valence-electron chi connectivity index (χ4n) is 2.99. The summed E-state index contributed by atoms with van der Waals surface area (Å²) in [6, 6.07) is 10.2. The molecule has 1 amide bonds. The van der Waals surface area contributed by atoms with Crippen LogP contribution in [0.15, 0.2) is 48.8 Å². The van der Waals surface area contributed by atoms with Crippen LogP contribution in [-0.2, 0) is 11.8 Å². The van der Waals surface area contributed by atoms with E-state index >= 15 is 0 Å². The maximum Gasteiger partial charge on any atom is 0.257 e. The second-order valence-electron chi connectivity index (χ2n) is 6.28. The van der Waals surface area contributed by atoms with Gasteiger partial charge in [0.2, 0.25) is 0 Å². The number of ketones is 1. The third-order valence-corrected chi connectivity index (χ3v) is 4.63. The first-order chi connectivity index (χ1) is 12.9. The van der Waals surface area contributed by atoms with Crippen LogP contribution in [0.2, 0.25) is 5.02 Å². The number of benzene rings is 1. The lowest BCUT2D eigenvalue weighted by Gasteiger charge is -2.00. The van der Waals surface area contributed by atoms with Crippen LogP contribution in [0.3, 0.4) is 0 Å². The van der Waals surface area contributed by atoms with Gasteiger partial charge < -0.3 is 15.6 Å². The van der Waals surface area contributed by atoms with Gasteiger partial charge in [-0.25, -0.2) is 4.98 Å². The number of rotatable bonds is 3. The average Bonchev–Trinajstić information content (AvgIpc) is 3.16. The summed E-state index contributed by atoms with van der Waals surface area (Å²) in [7, 11) is 1.82. The SMILES string of the molecule is Cn1cc(C(=O)c2ccc(Cl)cc2)cc1C=C1C(=O)Nc2ncc(N)cc21. The van der Waals surface area contributed by atoms with Crippen LogP contribution >= 0.6 is 11.6 Å². The molecule has 0 saturated heterocycles. The van der Waals surface area contributed by atoms with Crippen molar-refractivity contribution in [2.24, 2.45) is 7.05 Å². The standard InChI is InChI=1S/C20H15ClN4O2/c1-25-10-12(18(26)11-2-4-13(21)5-3-11)6-15(25)8-17-16-7-14(22)9-23-19(16)24-20(17)27/h2-10H,22H2,1H3,(H,23,24,27). The molecule has 0 fully saturated rings. The number of nitrogens with one attached hydrogen (secondary N) is 1. The lowest BCUT2D eigenvalue weighted by molar-refractivity contribution is -0.110. The van der Waals surface area contributed by atoms with Gasteiger partial charge in [-0.1, -0.05) is 11.6 Å². The summed E-state index contributed by atoms with van der Waals surface area (Å²) >= 11 is 5.88. The number of aromatic nitrogens is 2. The molecular weight excluding hydrogens is 364 g/mol. The first-order valence-corrected chi connectivity index (χ1v) is 8.56. The van der Waals surface area contributed by atoms with Gasteiger partial charge in [-0.15, -0.1) is 0 Å². The zero-order chi connectivity index (χ0) is 19.1. The molecule has 134 valence electrons. The first-order valence-electron chi connectivity index (χ1n) is 8.18. The van der Waals surface area contributed by atoms with E-state index < -0.39 is 0 Å². The van der Waals surface area contributed by atoms with E-state index in [-0.39, 0.29) is 11.7 Å². The van der Waals surface area contributed by atoms with E-state index in [2.05, 4.69) is 10.3 Å². The number of aryl methyl sites for hydroxylation is 1. The van der Waals surface area contributed by atoms with Gasteiger partial charge in [0.1, 0.15) is 5.82 Å². The highest BCUT2D eigenvalue weighted by molar-refractivity contribution is 6.34. The quantitative estimate of drug-likeness (QED) is 0.540. The van der Waals surface area contributed by atoms with Crippen molar-refractivity contribution < 1.29 is 9.59 Å². The smallest absolute Gasteiger partial charge is 0.257 e. The topological polar surface area (TPSA) is 90.0 Å². The van der Waals surface area contributed by atoms with Crippen LogP contribution in [0, 0.1) is 0 Å². The molecule has 3 heterocycles. The van der Waals surface area contributed by atoms with Crippen molar-refractivity contribution in [1.82, 2.24) is 9.55 Å². The molecule has 7 heteroatoms. The van der Waals surface area contributed by atoms with Crippen molar-refractivity contribution in [1.29, 1.82) is 0 Å². The van der Waals surface area contributed by atoms with Crippen LogP contribution < -0.4 is 11.1 Å². The number of carbonyl (C=O) groups is 2. The monoisotopic (exact) mass is 378 g/mol. The van der Waals surface area contributed by atoms with E-state index in [1.165, 1.54) is 6.20 Å². The number of hydrogen-bond donors (Lipinski definition) is 2. The second-order valence-corrected chi connectivity index (χ2v) is 6.71. The zero-order valence-corrected chi connectivity index (χ0v) is 15.1.